The number of hydrogen-bond acceptors (Lipinski definition) is 3. The number of benzene rings is 1. The minimum absolute atomic E-state index is 0.00913. The molecule has 1 aromatic rings. The van der Waals surface area contributed by atoms with E-state index in [-0.39, 0.29) is 11.0 Å². The van der Waals surface area contributed by atoms with Gasteiger partial charge in [0.25, 0.3) is 0 Å². The molecule has 1 N–H and O–H groups in total. The second kappa shape index (κ2) is 5.16. The Bertz CT molecular complexity index is 400. The Kier molecular flexibility index (Phi) is 4.12. The molecule has 0 spiro atoms. The van der Waals surface area contributed by atoms with Crippen molar-refractivity contribution < 1.29 is 9.59 Å². The van der Waals surface area contributed by atoms with Crippen molar-refractivity contribution in [3.05, 3.63) is 23.3 Å². The normalized spacial score (nSPS) is 10.0. The largest absolute Gasteiger partial charge is 0.325 e. The molecule has 3 nitrogen and oxygen atoms in total. The van der Waals surface area contributed by atoms with E-state index in [1.165, 1.54) is 13.8 Å². The number of carbonyl (C=O) groups excluding carboxylic acids is 2. The summed E-state index contributed by atoms with van der Waals surface area (Å²) in [4.78, 5) is 22.9. The summed E-state index contributed by atoms with van der Waals surface area (Å²) in [5, 5.41) is 2.74. The monoisotopic (exact) mass is 237 g/mol. The first kappa shape index (κ1) is 12.8. The third kappa shape index (κ3) is 3.38. The van der Waals surface area contributed by atoms with Gasteiger partial charge < -0.3 is 5.32 Å². The molecule has 0 heterocycles. The number of rotatable bonds is 2. The maximum atomic E-state index is 11.1. The predicted molar refractivity (Wildman–Crippen MR) is 66.8 cm³/mol. The van der Waals surface area contributed by atoms with Crippen LogP contribution in [-0.4, -0.2) is 11.0 Å². The van der Waals surface area contributed by atoms with Crippen molar-refractivity contribution in [2.45, 2.75) is 32.6 Å². The van der Waals surface area contributed by atoms with Crippen molar-refractivity contribution >= 4 is 28.5 Å². The van der Waals surface area contributed by atoms with Crippen LogP contribution in [0.2, 0.25) is 0 Å². The van der Waals surface area contributed by atoms with Gasteiger partial charge >= 0.3 is 0 Å². The van der Waals surface area contributed by atoms with E-state index in [4.69, 9.17) is 0 Å². The number of amides is 1. The molecule has 86 valence electrons. The number of anilines is 1. The van der Waals surface area contributed by atoms with E-state index >= 15 is 0 Å². The molecular formula is C12H15NO2S. The van der Waals surface area contributed by atoms with Gasteiger partial charge in [-0.1, -0.05) is 11.8 Å². The molecular weight excluding hydrogens is 222 g/mol. The zero-order valence-corrected chi connectivity index (χ0v) is 10.7. The topological polar surface area (TPSA) is 46.2 Å². The van der Waals surface area contributed by atoms with Crippen molar-refractivity contribution in [2.24, 2.45) is 0 Å². The van der Waals surface area contributed by atoms with Gasteiger partial charge in [0.05, 0.1) is 5.69 Å². The molecule has 0 saturated heterocycles. The third-order valence-corrected chi connectivity index (χ3v) is 3.01. The predicted octanol–water partition coefficient (Wildman–Crippen LogP) is 2.90. The molecule has 0 bridgehead atoms. The summed E-state index contributed by atoms with van der Waals surface area (Å²) in [6, 6.07) is 3.81. The summed E-state index contributed by atoms with van der Waals surface area (Å²) in [7, 11) is 0. The SMILES string of the molecule is CC(=O)Nc1cc(C)c(C)cc1SC(C)=O. The van der Waals surface area contributed by atoms with Gasteiger partial charge in [0.15, 0.2) is 5.12 Å². The first-order valence-corrected chi connectivity index (χ1v) is 5.79. The molecule has 0 aromatic heterocycles. The van der Waals surface area contributed by atoms with Crippen LogP contribution >= 0.6 is 11.8 Å². The highest BCUT2D eigenvalue weighted by atomic mass is 32.2. The van der Waals surface area contributed by atoms with Crippen LogP contribution in [0.5, 0.6) is 0 Å². The molecule has 0 aliphatic carbocycles. The maximum absolute atomic E-state index is 11.1. The third-order valence-electron chi connectivity index (χ3n) is 2.16. The van der Waals surface area contributed by atoms with E-state index in [2.05, 4.69) is 5.32 Å². The standard InChI is InChI=1S/C12H15NO2S/c1-7-5-11(13-9(3)14)12(6-8(7)2)16-10(4)15/h5-6H,1-4H3,(H,13,14). The van der Waals surface area contributed by atoms with E-state index < -0.39 is 0 Å². The minimum atomic E-state index is -0.131. The van der Waals surface area contributed by atoms with E-state index in [1.54, 1.807) is 0 Å². The Balaban J connectivity index is 3.15. The Morgan fingerprint density at radius 3 is 2.19 bits per heavy atom. The van der Waals surface area contributed by atoms with Gasteiger partial charge in [0, 0.05) is 18.7 Å². The average Bonchev–Trinajstić information content (AvgIpc) is 2.11. The number of carbonyl (C=O) groups is 2. The first-order valence-electron chi connectivity index (χ1n) is 4.97. The Morgan fingerprint density at radius 1 is 1.12 bits per heavy atom. The molecule has 0 fully saturated rings. The van der Waals surface area contributed by atoms with Crippen molar-refractivity contribution in [2.75, 3.05) is 5.32 Å². The van der Waals surface area contributed by atoms with E-state index in [9.17, 15) is 9.59 Å². The molecule has 0 unspecified atom stereocenters. The summed E-state index contributed by atoms with van der Waals surface area (Å²) in [5.41, 5.74) is 2.91. The van der Waals surface area contributed by atoms with Gasteiger partial charge in [0.1, 0.15) is 0 Å². The smallest absolute Gasteiger partial charge is 0.221 e. The molecule has 1 rings (SSSR count). The molecule has 1 amide bonds. The second-order valence-corrected chi connectivity index (χ2v) is 4.93. The number of thioether (sulfide) groups is 1. The highest BCUT2D eigenvalue weighted by Gasteiger charge is 2.09. The van der Waals surface area contributed by atoms with E-state index in [0.717, 1.165) is 27.8 Å². The van der Waals surface area contributed by atoms with Gasteiger partial charge in [-0.25, -0.2) is 0 Å². The minimum Gasteiger partial charge on any atom is -0.325 e. The average molecular weight is 237 g/mol. The molecule has 0 aliphatic rings. The lowest BCUT2D eigenvalue weighted by molar-refractivity contribution is -0.114. The van der Waals surface area contributed by atoms with Crippen molar-refractivity contribution in [3.63, 3.8) is 0 Å². The van der Waals surface area contributed by atoms with E-state index in [0.29, 0.717) is 5.69 Å². The van der Waals surface area contributed by atoms with Crippen molar-refractivity contribution in [1.82, 2.24) is 0 Å². The van der Waals surface area contributed by atoms with Crippen LogP contribution in [0.3, 0.4) is 0 Å². The summed E-state index contributed by atoms with van der Waals surface area (Å²) in [6.07, 6.45) is 0. The Hall–Kier alpha value is -1.29. The quantitative estimate of drug-likeness (QED) is 0.804. The van der Waals surface area contributed by atoms with Crippen molar-refractivity contribution in [1.29, 1.82) is 0 Å². The lowest BCUT2D eigenvalue weighted by Gasteiger charge is -2.11. The highest BCUT2D eigenvalue weighted by molar-refractivity contribution is 8.13. The Labute approximate surface area is 99.6 Å². The van der Waals surface area contributed by atoms with Gasteiger partial charge in [-0.05, 0) is 37.1 Å². The van der Waals surface area contributed by atoms with Crippen molar-refractivity contribution in [3.8, 4) is 0 Å². The van der Waals surface area contributed by atoms with Crippen LogP contribution in [0, 0.1) is 13.8 Å². The molecule has 16 heavy (non-hydrogen) atoms. The summed E-state index contributed by atoms with van der Waals surface area (Å²) in [5.74, 6) is -0.131. The highest BCUT2D eigenvalue weighted by Crippen LogP contribution is 2.30. The van der Waals surface area contributed by atoms with Gasteiger partial charge in [0.2, 0.25) is 5.91 Å². The maximum Gasteiger partial charge on any atom is 0.221 e. The molecule has 0 radical (unpaired) electrons. The summed E-state index contributed by atoms with van der Waals surface area (Å²) < 4.78 is 0. The van der Waals surface area contributed by atoms with Crippen LogP contribution in [0.1, 0.15) is 25.0 Å². The first-order chi connectivity index (χ1) is 7.40. The molecule has 1 aromatic carbocycles. The van der Waals surface area contributed by atoms with Gasteiger partial charge in [-0.3, -0.25) is 9.59 Å². The summed E-state index contributed by atoms with van der Waals surface area (Å²) >= 11 is 1.14. The molecule has 0 atom stereocenters. The van der Waals surface area contributed by atoms with Crippen LogP contribution in [0.25, 0.3) is 0 Å². The van der Waals surface area contributed by atoms with Crippen LogP contribution < -0.4 is 5.32 Å². The second-order valence-electron chi connectivity index (χ2n) is 3.71. The lowest BCUT2D eigenvalue weighted by atomic mass is 10.1. The molecule has 0 aliphatic heterocycles. The number of nitrogens with one attached hydrogen (secondary N) is 1. The Morgan fingerprint density at radius 2 is 1.69 bits per heavy atom. The fraction of sp³-hybridized carbons (Fsp3) is 0.333. The molecule has 0 saturated carbocycles. The van der Waals surface area contributed by atoms with Gasteiger partial charge in [-0.15, -0.1) is 0 Å². The number of hydrogen-bond donors (Lipinski definition) is 1. The summed E-state index contributed by atoms with van der Waals surface area (Å²) in [6.45, 7) is 6.93. The van der Waals surface area contributed by atoms with Crippen LogP contribution in [-0.2, 0) is 9.59 Å². The van der Waals surface area contributed by atoms with Crippen LogP contribution in [0.15, 0.2) is 17.0 Å². The molecule has 4 heteroatoms. The van der Waals surface area contributed by atoms with E-state index in [1.807, 2.05) is 26.0 Å². The van der Waals surface area contributed by atoms with Crippen LogP contribution in [0.4, 0.5) is 5.69 Å². The zero-order chi connectivity index (χ0) is 12.3. The zero-order valence-electron chi connectivity index (χ0n) is 9.88. The van der Waals surface area contributed by atoms with Gasteiger partial charge in [-0.2, -0.15) is 0 Å². The number of aryl methyl sites for hydroxylation is 2. The fourth-order valence-electron chi connectivity index (χ4n) is 1.32. The lowest BCUT2D eigenvalue weighted by Crippen LogP contribution is -2.07. The fourth-order valence-corrected chi connectivity index (χ4v) is 2.08.